The third kappa shape index (κ3) is 5.11. The Hall–Kier alpha value is -2.60. The van der Waals surface area contributed by atoms with Crippen LogP contribution in [0.15, 0.2) is 46.3 Å². The van der Waals surface area contributed by atoms with E-state index in [1.807, 2.05) is 23.6 Å². The highest BCUT2D eigenvalue weighted by molar-refractivity contribution is 9.10. The van der Waals surface area contributed by atoms with Crippen LogP contribution in [0.1, 0.15) is 10.4 Å². The lowest BCUT2D eigenvalue weighted by Crippen LogP contribution is -2.34. The van der Waals surface area contributed by atoms with Crippen molar-refractivity contribution in [1.82, 2.24) is 10.3 Å². The van der Waals surface area contributed by atoms with Crippen molar-refractivity contribution in [3.63, 3.8) is 0 Å². The number of nitro benzene ring substituents is 1. The number of carbonyl (C=O) groups is 1. The van der Waals surface area contributed by atoms with Crippen LogP contribution in [0.2, 0.25) is 5.02 Å². The summed E-state index contributed by atoms with van der Waals surface area (Å²) < 4.78 is 6.01. The summed E-state index contributed by atoms with van der Waals surface area (Å²) in [5, 5.41) is 18.5. The van der Waals surface area contributed by atoms with Crippen LogP contribution in [-0.4, -0.2) is 28.0 Å². The highest BCUT2D eigenvalue weighted by Crippen LogP contribution is 2.32. The van der Waals surface area contributed by atoms with Gasteiger partial charge in [0.05, 0.1) is 22.2 Å². The standard InChI is InChI=1S/C18H12BrClN4O4S2/c1-28-15-5-3-9(6-11(15)19)13-8-30-18(21-13)23-17(29)22-16(25)10-2-4-12(20)14(7-10)24(26)27/h2-8H,1H3,(H2,21,22,23,25,29). The molecule has 1 heterocycles. The summed E-state index contributed by atoms with van der Waals surface area (Å²) in [5.74, 6) is 0.0989. The molecule has 0 saturated heterocycles. The van der Waals surface area contributed by atoms with Crippen LogP contribution in [0.5, 0.6) is 5.75 Å². The molecule has 0 aliphatic heterocycles. The molecular weight excluding hydrogens is 516 g/mol. The number of carbonyl (C=O) groups excluding carboxylic acids is 1. The van der Waals surface area contributed by atoms with Gasteiger partial charge in [-0.05, 0) is 58.5 Å². The maximum Gasteiger partial charge on any atom is 0.288 e. The van der Waals surface area contributed by atoms with Crippen LogP contribution in [0.25, 0.3) is 11.3 Å². The van der Waals surface area contributed by atoms with Gasteiger partial charge in [-0.3, -0.25) is 20.2 Å². The molecule has 0 fully saturated rings. The number of nitrogens with zero attached hydrogens (tertiary/aromatic N) is 2. The van der Waals surface area contributed by atoms with Crippen molar-refractivity contribution < 1.29 is 14.5 Å². The number of anilines is 1. The van der Waals surface area contributed by atoms with Gasteiger partial charge in [0.25, 0.3) is 11.6 Å². The molecule has 3 aromatic rings. The minimum absolute atomic E-state index is 0.00872. The Morgan fingerprint density at radius 3 is 2.77 bits per heavy atom. The number of hydrogen-bond acceptors (Lipinski definition) is 7. The third-order valence-electron chi connectivity index (χ3n) is 3.80. The molecule has 0 radical (unpaired) electrons. The van der Waals surface area contributed by atoms with Crippen molar-refractivity contribution in [3.05, 3.63) is 67.0 Å². The number of aromatic nitrogens is 1. The van der Waals surface area contributed by atoms with Gasteiger partial charge in [0, 0.05) is 22.6 Å². The molecule has 1 amide bonds. The fraction of sp³-hybridized carbons (Fsp3) is 0.0556. The quantitative estimate of drug-likeness (QED) is 0.264. The number of nitro groups is 1. The lowest BCUT2D eigenvalue weighted by molar-refractivity contribution is -0.384. The number of benzene rings is 2. The number of hydrogen-bond donors (Lipinski definition) is 2. The van der Waals surface area contributed by atoms with Gasteiger partial charge in [-0.2, -0.15) is 0 Å². The number of halogens is 2. The van der Waals surface area contributed by atoms with E-state index in [1.165, 1.54) is 23.5 Å². The molecule has 30 heavy (non-hydrogen) atoms. The molecule has 0 spiro atoms. The summed E-state index contributed by atoms with van der Waals surface area (Å²) in [6.45, 7) is 0. The lowest BCUT2D eigenvalue weighted by Gasteiger charge is -2.07. The van der Waals surface area contributed by atoms with Gasteiger partial charge in [-0.25, -0.2) is 4.98 Å². The predicted molar refractivity (Wildman–Crippen MR) is 124 cm³/mol. The van der Waals surface area contributed by atoms with E-state index in [9.17, 15) is 14.9 Å². The topological polar surface area (TPSA) is 106 Å². The maximum atomic E-state index is 12.3. The predicted octanol–water partition coefficient (Wildman–Crippen LogP) is 5.27. The molecule has 0 unspecified atom stereocenters. The Bertz CT molecular complexity index is 1150. The van der Waals surface area contributed by atoms with E-state index in [2.05, 4.69) is 31.5 Å². The van der Waals surface area contributed by atoms with Crippen molar-refractivity contribution >= 4 is 72.9 Å². The average molecular weight is 528 g/mol. The molecular formula is C18H12BrClN4O4S2. The summed E-state index contributed by atoms with van der Waals surface area (Å²) >= 11 is 15.6. The van der Waals surface area contributed by atoms with Crippen LogP contribution in [0.3, 0.4) is 0 Å². The molecule has 0 atom stereocenters. The molecule has 0 aliphatic carbocycles. The number of rotatable bonds is 5. The van der Waals surface area contributed by atoms with E-state index < -0.39 is 10.8 Å². The molecule has 0 aliphatic rings. The molecule has 3 rings (SSSR count). The highest BCUT2D eigenvalue weighted by Gasteiger charge is 2.17. The number of thiazole rings is 1. The van der Waals surface area contributed by atoms with Crippen molar-refractivity contribution in [2.75, 3.05) is 12.4 Å². The van der Waals surface area contributed by atoms with E-state index >= 15 is 0 Å². The normalized spacial score (nSPS) is 10.4. The van der Waals surface area contributed by atoms with E-state index in [0.717, 1.165) is 16.1 Å². The van der Waals surface area contributed by atoms with E-state index in [1.54, 1.807) is 7.11 Å². The zero-order valence-electron chi connectivity index (χ0n) is 15.1. The van der Waals surface area contributed by atoms with Crippen LogP contribution in [0, 0.1) is 10.1 Å². The molecule has 0 bridgehead atoms. The van der Waals surface area contributed by atoms with Crippen molar-refractivity contribution in [1.29, 1.82) is 0 Å². The number of ether oxygens (including phenoxy) is 1. The number of thiocarbonyl (C=S) groups is 1. The molecule has 2 aromatic carbocycles. The van der Waals surface area contributed by atoms with Gasteiger partial charge < -0.3 is 10.1 Å². The zero-order chi connectivity index (χ0) is 21.8. The molecule has 12 heteroatoms. The number of methoxy groups -OCH3 is 1. The van der Waals surface area contributed by atoms with E-state index in [-0.39, 0.29) is 21.4 Å². The summed E-state index contributed by atoms with van der Waals surface area (Å²) in [7, 11) is 1.59. The Morgan fingerprint density at radius 2 is 2.10 bits per heavy atom. The third-order valence-corrected chi connectivity index (χ3v) is 5.71. The number of nitrogens with one attached hydrogen (secondary N) is 2. The van der Waals surface area contributed by atoms with Gasteiger partial charge >= 0.3 is 0 Å². The van der Waals surface area contributed by atoms with E-state index in [4.69, 9.17) is 28.6 Å². The van der Waals surface area contributed by atoms with Gasteiger partial charge in [0.2, 0.25) is 0 Å². The Labute approximate surface area is 193 Å². The largest absolute Gasteiger partial charge is 0.496 e. The summed E-state index contributed by atoms with van der Waals surface area (Å²) in [6, 6.07) is 9.31. The fourth-order valence-corrected chi connectivity index (χ4v) is 4.09. The van der Waals surface area contributed by atoms with Crippen LogP contribution in [0.4, 0.5) is 10.8 Å². The van der Waals surface area contributed by atoms with Crippen LogP contribution in [-0.2, 0) is 0 Å². The Morgan fingerprint density at radius 1 is 1.33 bits per heavy atom. The average Bonchev–Trinajstić information content (AvgIpc) is 3.16. The first-order chi connectivity index (χ1) is 14.3. The second-order valence-electron chi connectivity index (χ2n) is 5.72. The second-order valence-corrected chi connectivity index (χ2v) is 8.25. The first kappa shape index (κ1) is 22.1. The van der Waals surface area contributed by atoms with E-state index in [0.29, 0.717) is 16.6 Å². The van der Waals surface area contributed by atoms with Crippen LogP contribution >= 0.6 is 51.1 Å². The summed E-state index contributed by atoms with van der Waals surface area (Å²) in [4.78, 5) is 27.1. The summed E-state index contributed by atoms with van der Waals surface area (Å²) in [6.07, 6.45) is 0. The Kier molecular flexibility index (Phi) is 6.98. The van der Waals surface area contributed by atoms with Gasteiger partial charge in [0.1, 0.15) is 10.8 Å². The zero-order valence-corrected chi connectivity index (χ0v) is 19.1. The minimum Gasteiger partial charge on any atom is -0.496 e. The molecule has 8 nitrogen and oxygen atoms in total. The SMILES string of the molecule is COc1ccc(-c2csc(NC(=S)NC(=O)c3ccc(Cl)c([N+](=O)[O-])c3)n2)cc1Br. The van der Waals surface area contributed by atoms with Gasteiger partial charge in [-0.1, -0.05) is 11.6 Å². The van der Waals surface area contributed by atoms with Gasteiger partial charge in [0.15, 0.2) is 10.2 Å². The lowest BCUT2D eigenvalue weighted by atomic mass is 10.2. The maximum absolute atomic E-state index is 12.3. The first-order valence-electron chi connectivity index (χ1n) is 8.14. The van der Waals surface area contributed by atoms with Crippen molar-refractivity contribution in [2.24, 2.45) is 0 Å². The monoisotopic (exact) mass is 526 g/mol. The molecule has 0 saturated carbocycles. The minimum atomic E-state index is -0.662. The second kappa shape index (κ2) is 9.47. The highest BCUT2D eigenvalue weighted by atomic mass is 79.9. The molecule has 154 valence electrons. The molecule has 2 N–H and O–H groups in total. The smallest absolute Gasteiger partial charge is 0.288 e. The van der Waals surface area contributed by atoms with Crippen molar-refractivity contribution in [3.8, 4) is 17.0 Å². The first-order valence-corrected chi connectivity index (χ1v) is 10.6. The Balaban J connectivity index is 1.67. The summed E-state index contributed by atoms with van der Waals surface area (Å²) in [5.41, 5.74) is 1.28. The van der Waals surface area contributed by atoms with Crippen molar-refractivity contribution in [2.45, 2.75) is 0 Å². The van der Waals surface area contributed by atoms with Gasteiger partial charge in [-0.15, -0.1) is 11.3 Å². The number of amides is 1. The molecule has 1 aromatic heterocycles. The van der Waals surface area contributed by atoms with Crippen LogP contribution < -0.4 is 15.4 Å². The fourth-order valence-electron chi connectivity index (χ4n) is 2.39.